The zero-order valence-corrected chi connectivity index (χ0v) is 16.4. The Hall–Kier alpha value is -2.49. The van der Waals surface area contributed by atoms with Crippen LogP contribution in [0, 0.1) is 0 Å². The first-order valence-corrected chi connectivity index (χ1v) is 8.62. The normalized spacial score (nSPS) is 10.7. The maximum atomic E-state index is 6.07. The van der Waals surface area contributed by atoms with E-state index in [2.05, 4.69) is 31.7 Å². The van der Waals surface area contributed by atoms with Gasteiger partial charge in [-0.25, -0.2) is 0 Å². The number of nitrogens with one attached hydrogen (secondary N) is 4. The van der Waals surface area contributed by atoms with Crippen LogP contribution in [0.1, 0.15) is 12.6 Å². The standard InChI is InChI=1S/C16H17ClN6OS2/c1-10(12-7-3-4-9-18-12)20-22-16(26)23-21-15(25)19-13-8-5-6-11(17)14(13)24-2/h3-9H,1-2H3,(H2,19,21,25)(H2,22,23,26)/b20-10+. The van der Waals surface area contributed by atoms with Crippen LogP contribution < -0.4 is 26.3 Å². The van der Waals surface area contributed by atoms with E-state index < -0.39 is 0 Å². The molecule has 0 spiro atoms. The molecule has 0 aliphatic carbocycles. The van der Waals surface area contributed by atoms with E-state index in [0.29, 0.717) is 22.2 Å². The first-order valence-electron chi connectivity index (χ1n) is 7.42. The number of halogens is 1. The average molecular weight is 409 g/mol. The van der Waals surface area contributed by atoms with E-state index in [1.165, 1.54) is 7.11 Å². The topological polar surface area (TPSA) is 82.6 Å². The number of thiocarbonyl (C=S) groups is 2. The predicted octanol–water partition coefficient (Wildman–Crippen LogP) is 2.83. The van der Waals surface area contributed by atoms with Gasteiger partial charge in [0, 0.05) is 6.20 Å². The number of methoxy groups -OCH3 is 1. The summed E-state index contributed by atoms with van der Waals surface area (Å²) < 4.78 is 5.25. The molecule has 7 nitrogen and oxygen atoms in total. The minimum atomic E-state index is 0.238. The number of pyridine rings is 1. The van der Waals surface area contributed by atoms with Crippen LogP contribution >= 0.6 is 36.0 Å². The minimum Gasteiger partial charge on any atom is -0.493 e. The van der Waals surface area contributed by atoms with Crippen LogP contribution in [0.2, 0.25) is 5.02 Å². The molecule has 10 heteroatoms. The summed E-state index contributed by atoms with van der Waals surface area (Å²) >= 11 is 16.4. The number of hydrogen-bond acceptors (Lipinski definition) is 5. The molecule has 0 saturated heterocycles. The van der Waals surface area contributed by atoms with Crippen molar-refractivity contribution in [3.63, 3.8) is 0 Å². The molecule has 4 N–H and O–H groups in total. The van der Waals surface area contributed by atoms with Gasteiger partial charge in [0.2, 0.25) is 5.11 Å². The molecule has 0 aliphatic heterocycles. The quantitative estimate of drug-likeness (QED) is 0.349. The van der Waals surface area contributed by atoms with E-state index in [0.717, 1.165) is 5.69 Å². The number of aromatic nitrogens is 1. The van der Waals surface area contributed by atoms with Gasteiger partial charge in [-0.15, -0.1) is 0 Å². The highest BCUT2D eigenvalue weighted by atomic mass is 35.5. The number of rotatable bonds is 4. The van der Waals surface area contributed by atoms with Crippen molar-refractivity contribution in [1.82, 2.24) is 21.3 Å². The fourth-order valence-electron chi connectivity index (χ4n) is 1.88. The molecule has 136 valence electrons. The molecule has 1 aromatic carbocycles. The summed E-state index contributed by atoms with van der Waals surface area (Å²) in [7, 11) is 1.53. The number of nitrogens with zero attached hydrogens (tertiary/aromatic N) is 2. The Morgan fingerprint density at radius 3 is 2.58 bits per heavy atom. The minimum absolute atomic E-state index is 0.238. The second-order valence-electron chi connectivity index (χ2n) is 4.88. The molecule has 0 atom stereocenters. The highest BCUT2D eigenvalue weighted by Gasteiger charge is 2.08. The van der Waals surface area contributed by atoms with E-state index in [-0.39, 0.29) is 10.2 Å². The molecule has 0 fully saturated rings. The maximum Gasteiger partial charge on any atom is 0.205 e. The first kappa shape index (κ1) is 19.8. The van der Waals surface area contributed by atoms with Gasteiger partial charge in [0.15, 0.2) is 10.9 Å². The Morgan fingerprint density at radius 2 is 1.88 bits per heavy atom. The molecule has 0 unspecified atom stereocenters. The molecule has 0 saturated carbocycles. The summed E-state index contributed by atoms with van der Waals surface area (Å²) in [5, 5.41) is 8.11. The van der Waals surface area contributed by atoms with Crippen molar-refractivity contribution in [3.8, 4) is 5.75 Å². The fraction of sp³-hybridized carbons (Fsp3) is 0.125. The number of para-hydroxylation sites is 1. The third kappa shape index (κ3) is 5.80. The van der Waals surface area contributed by atoms with Gasteiger partial charge < -0.3 is 10.1 Å². The molecule has 0 amide bonds. The third-order valence-electron chi connectivity index (χ3n) is 3.07. The second kappa shape index (κ2) is 9.85. The molecular weight excluding hydrogens is 392 g/mol. The summed E-state index contributed by atoms with van der Waals surface area (Å²) in [5.41, 5.74) is 10.3. The molecule has 1 aromatic heterocycles. The van der Waals surface area contributed by atoms with Crippen molar-refractivity contribution in [2.75, 3.05) is 12.4 Å². The second-order valence-corrected chi connectivity index (χ2v) is 6.10. The van der Waals surface area contributed by atoms with Gasteiger partial charge in [0.1, 0.15) is 0 Å². The maximum absolute atomic E-state index is 6.07. The van der Waals surface area contributed by atoms with E-state index in [4.69, 9.17) is 40.8 Å². The average Bonchev–Trinajstić information content (AvgIpc) is 2.65. The lowest BCUT2D eigenvalue weighted by Crippen LogP contribution is -2.47. The highest BCUT2D eigenvalue weighted by Crippen LogP contribution is 2.32. The largest absolute Gasteiger partial charge is 0.493 e. The van der Waals surface area contributed by atoms with Crippen LogP contribution in [0.4, 0.5) is 5.69 Å². The molecule has 1 heterocycles. The Balaban J connectivity index is 1.84. The van der Waals surface area contributed by atoms with Crippen molar-refractivity contribution in [1.29, 1.82) is 0 Å². The first-order chi connectivity index (χ1) is 12.5. The molecule has 0 radical (unpaired) electrons. The van der Waals surface area contributed by atoms with Crippen LogP contribution in [-0.2, 0) is 0 Å². The van der Waals surface area contributed by atoms with Gasteiger partial charge in [-0.05, 0) is 55.6 Å². The summed E-state index contributed by atoms with van der Waals surface area (Å²) in [4.78, 5) is 4.20. The Labute approximate surface area is 167 Å². The van der Waals surface area contributed by atoms with Crippen LogP contribution in [0.15, 0.2) is 47.7 Å². The van der Waals surface area contributed by atoms with Crippen molar-refractivity contribution >= 4 is 57.7 Å². The Kier molecular flexibility index (Phi) is 7.52. The van der Waals surface area contributed by atoms with E-state index in [1.54, 1.807) is 24.4 Å². The van der Waals surface area contributed by atoms with Gasteiger partial charge >= 0.3 is 0 Å². The number of ether oxygens (including phenoxy) is 1. The summed E-state index contributed by atoms with van der Waals surface area (Å²) in [5.74, 6) is 0.495. The van der Waals surface area contributed by atoms with Crippen molar-refractivity contribution in [3.05, 3.63) is 53.3 Å². The summed E-state index contributed by atoms with van der Waals surface area (Å²) in [6.45, 7) is 1.82. The van der Waals surface area contributed by atoms with Crippen LogP contribution in [0.3, 0.4) is 0 Å². The van der Waals surface area contributed by atoms with Gasteiger partial charge in [0.05, 0.1) is 29.2 Å². The zero-order chi connectivity index (χ0) is 18.9. The fourth-order valence-corrected chi connectivity index (χ4v) is 2.39. The highest BCUT2D eigenvalue weighted by molar-refractivity contribution is 7.80. The molecule has 0 bridgehead atoms. The van der Waals surface area contributed by atoms with Gasteiger partial charge in [-0.2, -0.15) is 5.10 Å². The number of hydrazine groups is 1. The van der Waals surface area contributed by atoms with Crippen LogP contribution in [-0.4, -0.2) is 28.0 Å². The zero-order valence-electron chi connectivity index (χ0n) is 14.0. The number of hydrazone groups is 1. The van der Waals surface area contributed by atoms with Crippen molar-refractivity contribution in [2.24, 2.45) is 5.10 Å². The SMILES string of the molecule is COc1c(Cl)cccc1NC(=S)NNC(=S)N/N=C(\C)c1ccccn1. The van der Waals surface area contributed by atoms with Crippen LogP contribution in [0.25, 0.3) is 0 Å². The Bertz CT molecular complexity index is 816. The van der Waals surface area contributed by atoms with E-state index >= 15 is 0 Å². The lowest BCUT2D eigenvalue weighted by molar-refractivity contribution is 0.417. The molecule has 2 aromatic rings. The Morgan fingerprint density at radius 1 is 1.12 bits per heavy atom. The summed E-state index contributed by atoms with van der Waals surface area (Å²) in [6.07, 6.45) is 1.70. The third-order valence-corrected chi connectivity index (χ3v) is 3.76. The van der Waals surface area contributed by atoms with Gasteiger partial charge in [0.25, 0.3) is 0 Å². The van der Waals surface area contributed by atoms with Crippen molar-refractivity contribution in [2.45, 2.75) is 6.92 Å². The lowest BCUT2D eigenvalue weighted by atomic mass is 10.3. The van der Waals surface area contributed by atoms with Crippen molar-refractivity contribution < 1.29 is 4.74 Å². The number of anilines is 1. The van der Waals surface area contributed by atoms with E-state index in [1.807, 2.05) is 25.1 Å². The molecule has 26 heavy (non-hydrogen) atoms. The molecular formula is C16H17ClN6OS2. The van der Waals surface area contributed by atoms with Gasteiger partial charge in [-0.1, -0.05) is 23.7 Å². The monoisotopic (exact) mass is 408 g/mol. The predicted molar refractivity (Wildman–Crippen MR) is 113 cm³/mol. The molecule has 0 aliphatic rings. The van der Waals surface area contributed by atoms with Gasteiger partial charge in [-0.3, -0.25) is 21.3 Å². The molecule has 2 rings (SSSR count). The number of hydrogen-bond donors (Lipinski definition) is 4. The smallest absolute Gasteiger partial charge is 0.205 e. The summed E-state index contributed by atoms with van der Waals surface area (Å²) in [6, 6.07) is 10.9. The van der Waals surface area contributed by atoms with Crippen LogP contribution in [0.5, 0.6) is 5.75 Å². The van der Waals surface area contributed by atoms with E-state index in [9.17, 15) is 0 Å². The lowest BCUT2D eigenvalue weighted by Gasteiger charge is -2.15. The number of benzene rings is 1.